The molecule has 7 nitrogen and oxygen atoms in total. The third-order valence-electron chi connectivity index (χ3n) is 6.62. The molecule has 1 atom stereocenters. The van der Waals surface area contributed by atoms with Gasteiger partial charge in [0, 0.05) is 19.3 Å². The quantitative estimate of drug-likeness (QED) is 0.662. The van der Waals surface area contributed by atoms with Gasteiger partial charge < -0.3 is 25.0 Å². The number of H-pyrrole nitrogens is 1. The highest BCUT2D eigenvalue weighted by Gasteiger charge is 2.43. The minimum absolute atomic E-state index is 0.000641. The van der Waals surface area contributed by atoms with E-state index in [4.69, 9.17) is 4.74 Å². The van der Waals surface area contributed by atoms with Gasteiger partial charge in [-0.1, -0.05) is 6.92 Å². The number of nitrogens with zero attached hydrogens (tertiary/aromatic N) is 1. The number of pyridine rings is 1. The predicted octanol–water partition coefficient (Wildman–Crippen LogP) is 3.08. The molecule has 2 aromatic rings. The zero-order valence-corrected chi connectivity index (χ0v) is 17.3. The fraction of sp³-hybridized carbons (Fsp3) is 0.545. The van der Waals surface area contributed by atoms with Crippen molar-refractivity contribution in [2.75, 3.05) is 32.1 Å². The monoisotopic (exact) mass is 399 g/mol. The van der Waals surface area contributed by atoms with Crippen molar-refractivity contribution >= 4 is 22.6 Å². The maximum absolute atomic E-state index is 12.9. The molecule has 0 amide bonds. The highest BCUT2D eigenvalue weighted by Crippen LogP contribution is 2.52. The Hall–Kier alpha value is -2.54. The Kier molecular flexibility index (Phi) is 5.02. The first-order valence-electron chi connectivity index (χ1n) is 10.4. The molecule has 4 rings (SSSR count). The Labute approximate surface area is 170 Å². The van der Waals surface area contributed by atoms with E-state index in [2.05, 4.69) is 22.1 Å². The molecule has 2 heterocycles. The molecule has 1 saturated heterocycles. The van der Waals surface area contributed by atoms with Crippen molar-refractivity contribution in [1.29, 1.82) is 0 Å². The zero-order valence-electron chi connectivity index (χ0n) is 17.3. The van der Waals surface area contributed by atoms with E-state index in [0.717, 1.165) is 56.4 Å². The molecule has 1 aliphatic heterocycles. The molecular weight excluding hydrogens is 370 g/mol. The molecule has 1 aliphatic carbocycles. The van der Waals surface area contributed by atoms with Gasteiger partial charge in [0.2, 0.25) is 5.43 Å². The lowest BCUT2D eigenvalue weighted by Crippen LogP contribution is -2.50. The van der Waals surface area contributed by atoms with Crippen molar-refractivity contribution in [1.82, 2.24) is 10.3 Å². The van der Waals surface area contributed by atoms with Crippen LogP contribution in [-0.4, -0.2) is 48.8 Å². The predicted molar refractivity (Wildman–Crippen MR) is 114 cm³/mol. The molecular formula is C22H29N3O4. The van der Waals surface area contributed by atoms with E-state index >= 15 is 0 Å². The van der Waals surface area contributed by atoms with Gasteiger partial charge in [-0.25, -0.2) is 4.79 Å². The summed E-state index contributed by atoms with van der Waals surface area (Å²) in [5.41, 5.74) is 2.04. The first-order chi connectivity index (χ1) is 14.0. The number of aromatic amines is 1. The lowest BCUT2D eigenvalue weighted by Gasteiger charge is -2.41. The SMILES string of the molecule is CCC1(CNC)CCCN1c1c(C2CC2)cc2c(=O)c(C(=O)O)c[nH]c2c1OC. The number of hydrogen-bond acceptors (Lipinski definition) is 5. The van der Waals surface area contributed by atoms with E-state index in [-0.39, 0.29) is 11.1 Å². The smallest absolute Gasteiger partial charge is 0.341 e. The van der Waals surface area contributed by atoms with Crippen LogP contribution in [0.3, 0.4) is 0 Å². The van der Waals surface area contributed by atoms with Crippen LogP contribution in [0.25, 0.3) is 10.9 Å². The number of likely N-dealkylation sites (N-methyl/N-ethyl adjacent to an activating group) is 1. The van der Waals surface area contributed by atoms with E-state index in [1.807, 2.05) is 13.1 Å². The Morgan fingerprint density at radius 1 is 1.45 bits per heavy atom. The van der Waals surface area contributed by atoms with Crippen LogP contribution in [0.1, 0.15) is 60.9 Å². The molecule has 1 aromatic heterocycles. The summed E-state index contributed by atoms with van der Waals surface area (Å²) >= 11 is 0. The molecule has 0 spiro atoms. The topological polar surface area (TPSA) is 94.7 Å². The summed E-state index contributed by atoms with van der Waals surface area (Å²) in [6, 6.07) is 1.91. The number of anilines is 1. The number of aromatic nitrogens is 1. The number of carboxylic acid groups (broad SMARTS) is 1. The third-order valence-corrected chi connectivity index (χ3v) is 6.62. The average molecular weight is 399 g/mol. The largest absolute Gasteiger partial charge is 0.492 e. The van der Waals surface area contributed by atoms with E-state index in [1.165, 1.54) is 6.20 Å². The van der Waals surface area contributed by atoms with E-state index in [0.29, 0.717) is 22.6 Å². The van der Waals surface area contributed by atoms with Crippen LogP contribution >= 0.6 is 0 Å². The number of carbonyl (C=O) groups is 1. The molecule has 0 radical (unpaired) electrons. The molecule has 3 N–H and O–H groups in total. The van der Waals surface area contributed by atoms with Crippen LogP contribution < -0.4 is 20.4 Å². The standard InChI is InChI=1S/C22H29N3O4/c1-4-22(12-23-2)8-5-9-25(22)18-14(13-6-7-13)10-15-17(20(18)29-3)24-11-16(19(15)26)21(27)28/h10-11,13,23H,4-9,12H2,1-3H3,(H,24,26)(H,27,28). The summed E-state index contributed by atoms with van der Waals surface area (Å²) in [6.07, 6.45) is 6.65. The second-order valence-corrected chi connectivity index (χ2v) is 8.24. The van der Waals surface area contributed by atoms with Crippen LogP contribution in [0.4, 0.5) is 5.69 Å². The van der Waals surface area contributed by atoms with Gasteiger partial charge in [0.15, 0.2) is 5.75 Å². The zero-order chi connectivity index (χ0) is 20.8. The summed E-state index contributed by atoms with van der Waals surface area (Å²) in [7, 11) is 3.61. The number of nitrogens with one attached hydrogen (secondary N) is 2. The molecule has 1 unspecified atom stereocenters. The van der Waals surface area contributed by atoms with E-state index in [1.54, 1.807) is 7.11 Å². The van der Waals surface area contributed by atoms with E-state index in [9.17, 15) is 14.7 Å². The van der Waals surface area contributed by atoms with Crippen molar-refractivity contribution < 1.29 is 14.6 Å². The average Bonchev–Trinajstić information content (AvgIpc) is 3.47. The van der Waals surface area contributed by atoms with Crippen LogP contribution in [0.15, 0.2) is 17.1 Å². The number of fused-ring (bicyclic) bond motifs is 1. The molecule has 156 valence electrons. The summed E-state index contributed by atoms with van der Waals surface area (Å²) in [5.74, 6) is -0.182. The van der Waals surface area contributed by atoms with Crippen molar-refractivity contribution in [3.05, 3.63) is 33.6 Å². The van der Waals surface area contributed by atoms with Crippen molar-refractivity contribution in [3.63, 3.8) is 0 Å². The van der Waals surface area contributed by atoms with Crippen molar-refractivity contribution in [2.45, 2.75) is 50.5 Å². The highest BCUT2D eigenvalue weighted by molar-refractivity contribution is 5.97. The summed E-state index contributed by atoms with van der Waals surface area (Å²) in [5, 5.41) is 13.1. The number of aromatic carboxylic acids is 1. The minimum atomic E-state index is -1.22. The fourth-order valence-electron chi connectivity index (χ4n) is 4.98. The first kappa shape index (κ1) is 19.8. The fourth-order valence-corrected chi connectivity index (χ4v) is 4.98. The Bertz CT molecular complexity index is 1010. The normalized spacial score (nSPS) is 21.7. The number of hydrogen-bond donors (Lipinski definition) is 3. The van der Waals surface area contributed by atoms with E-state index < -0.39 is 11.4 Å². The molecule has 0 bridgehead atoms. The highest BCUT2D eigenvalue weighted by atomic mass is 16.5. The van der Waals surface area contributed by atoms with Crippen LogP contribution in [0.2, 0.25) is 0 Å². The first-order valence-corrected chi connectivity index (χ1v) is 10.4. The molecule has 7 heteroatoms. The number of carboxylic acids is 1. The molecule has 2 fully saturated rings. The maximum atomic E-state index is 12.9. The van der Waals surface area contributed by atoms with Gasteiger partial charge in [0.1, 0.15) is 5.56 Å². The van der Waals surface area contributed by atoms with Gasteiger partial charge in [-0.15, -0.1) is 0 Å². The van der Waals surface area contributed by atoms with Crippen LogP contribution in [-0.2, 0) is 0 Å². The molecule has 1 saturated carbocycles. The van der Waals surface area contributed by atoms with Gasteiger partial charge in [0.05, 0.1) is 29.2 Å². The van der Waals surface area contributed by atoms with Crippen LogP contribution in [0.5, 0.6) is 5.75 Å². The lowest BCUT2D eigenvalue weighted by molar-refractivity contribution is 0.0695. The van der Waals surface area contributed by atoms with Gasteiger partial charge in [-0.05, 0) is 56.7 Å². The maximum Gasteiger partial charge on any atom is 0.341 e. The Balaban J connectivity index is 2.01. The number of ether oxygens (including phenoxy) is 1. The Morgan fingerprint density at radius 2 is 2.21 bits per heavy atom. The second kappa shape index (κ2) is 7.37. The van der Waals surface area contributed by atoms with Gasteiger partial charge in [0.25, 0.3) is 0 Å². The summed E-state index contributed by atoms with van der Waals surface area (Å²) in [4.78, 5) is 29.8. The molecule has 1 aromatic carbocycles. The number of rotatable bonds is 7. The molecule has 29 heavy (non-hydrogen) atoms. The minimum Gasteiger partial charge on any atom is -0.492 e. The van der Waals surface area contributed by atoms with Crippen LogP contribution in [0, 0.1) is 0 Å². The third kappa shape index (κ3) is 3.08. The van der Waals surface area contributed by atoms with Crippen molar-refractivity contribution in [3.8, 4) is 5.75 Å². The van der Waals surface area contributed by atoms with Gasteiger partial charge in [-0.2, -0.15) is 0 Å². The number of methoxy groups -OCH3 is 1. The summed E-state index contributed by atoms with van der Waals surface area (Å²) < 4.78 is 5.88. The lowest BCUT2D eigenvalue weighted by atomic mass is 9.90. The van der Waals surface area contributed by atoms with Crippen molar-refractivity contribution in [2.24, 2.45) is 0 Å². The second-order valence-electron chi connectivity index (χ2n) is 8.24. The molecule has 2 aliphatic rings. The summed E-state index contributed by atoms with van der Waals surface area (Å²) in [6.45, 7) is 4.04. The van der Waals surface area contributed by atoms with Gasteiger partial charge in [-0.3, -0.25) is 4.79 Å². The van der Waals surface area contributed by atoms with Gasteiger partial charge >= 0.3 is 5.97 Å². The number of benzene rings is 1. The Morgan fingerprint density at radius 3 is 2.79 bits per heavy atom.